The van der Waals surface area contributed by atoms with Crippen LogP contribution < -0.4 is 5.32 Å². The fourth-order valence-corrected chi connectivity index (χ4v) is 4.38. The van der Waals surface area contributed by atoms with Crippen LogP contribution in [0.2, 0.25) is 5.02 Å². The predicted octanol–water partition coefficient (Wildman–Crippen LogP) is 5.51. The smallest absolute Gasteiger partial charge is 0.336 e. The average molecular weight is 454 g/mol. The van der Waals surface area contributed by atoms with E-state index in [0.717, 1.165) is 24.8 Å². The van der Waals surface area contributed by atoms with Gasteiger partial charge in [0.05, 0.1) is 17.8 Å². The van der Waals surface area contributed by atoms with Crippen molar-refractivity contribution < 1.29 is 19.1 Å². The van der Waals surface area contributed by atoms with Crippen molar-refractivity contribution >= 4 is 29.2 Å². The Balaban J connectivity index is 1.36. The molecule has 2 unspecified atom stereocenters. The number of aromatic carboxylic acids is 1. The van der Waals surface area contributed by atoms with Gasteiger partial charge in [0.1, 0.15) is 5.82 Å². The first-order valence-corrected chi connectivity index (χ1v) is 11.0. The number of halogens is 2. The number of nitrogens with zero attached hydrogens (tertiary/aromatic N) is 2. The van der Waals surface area contributed by atoms with Crippen LogP contribution in [-0.4, -0.2) is 26.8 Å². The second-order valence-corrected chi connectivity index (χ2v) is 8.91. The van der Waals surface area contributed by atoms with Gasteiger partial charge in [0.15, 0.2) is 0 Å². The van der Waals surface area contributed by atoms with Gasteiger partial charge in [0, 0.05) is 34.0 Å². The van der Waals surface area contributed by atoms with Crippen molar-refractivity contribution in [1.29, 1.82) is 0 Å². The number of amides is 1. The van der Waals surface area contributed by atoms with Crippen LogP contribution in [0.5, 0.6) is 0 Å². The third kappa shape index (κ3) is 3.88. The number of hydrogen-bond acceptors (Lipinski definition) is 3. The molecule has 6 nitrogen and oxygen atoms in total. The summed E-state index contributed by atoms with van der Waals surface area (Å²) in [6.07, 6.45) is 7.01. The fraction of sp³-hybridized carbons (Fsp3) is 0.292. The zero-order valence-corrected chi connectivity index (χ0v) is 17.8. The molecule has 2 atom stereocenters. The van der Waals surface area contributed by atoms with E-state index in [1.165, 1.54) is 18.3 Å². The van der Waals surface area contributed by atoms with Crippen LogP contribution in [0.4, 0.5) is 10.1 Å². The lowest BCUT2D eigenvalue weighted by Gasteiger charge is -2.25. The minimum absolute atomic E-state index is 0.0217. The predicted molar refractivity (Wildman–Crippen MR) is 118 cm³/mol. The summed E-state index contributed by atoms with van der Waals surface area (Å²) < 4.78 is 16.8. The number of nitrogens with one attached hydrogen (secondary N) is 1. The normalized spacial score (nSPS) is 19.9. The topological polar surface area (TPSA) is 84.2 Å². The Hall–Kier alpha value is -3.19. The summed E-state index contributed by atoms with van der Waals surface area (Å²) >= 11 is 5.91. The molecule has 2 aromatic carbocycles. The molecule has 1 aromatic heterocycles. The molecular formula is C24H21ClFN3O3. The van der Waals surface area contributed by atoms with Crippen LogP contribution in [0.15, 0.2) is 48.8 Å². The number of carbonyl (C=O) groups excluding carboxylic acids is 1. The van der Waals surface area contributed by atoms with Crippen LogP contribution in [0, 0.1) is 11.7 Å². The summed E-state index contributed by atoms with van der Waals surface area (Å²) in [4.78, 5) is 24.6. The van der Waals surface area contributed by atoms with E-state index in [0.29, 0.717) is 17.0 Å². The average Bonchev–Trinajstić information content (AvgIpc) is 3.38. The van der Waals surface area contributed by atoms with E-state index in [4.69, 9.17) is 11.6 Å². The molecule has 3 aromatic rings. The summed E-state index contributed by atoms with van der Waals surface area (Å²) in [5.74, 6) is -2.40. The molecule has 32 heavy (non-hydrogen) atoms. The van der Waals surface area contributed by atoms with Crippen LogP contribution in [0.25, 0.3) is 11.1 Å². The summed E-state index contributed by atoms with van der Waals surface area (Å²) in [7, 11) is 0. The number of hydrogen-bond donors (Lipinski definition) is 2. The Labute approximate surface area is 189 Å². The van der Waals surface area contributed by atoms with Crippen molar-refractivity contribution in [3.63, 3.8) is 0 Å². The highest BCUT2D eigenvalue weighted by atomic mass is 35.5. The van der Waals surface area contributed by atoms with Gasteiger partial charge >= 0.3 is 5.97 Å². The van der Waals surface area contributed by atoms with Gasteiger partial charge in [0.25, 0.3) is 0 Å². The lowest BCUT2D eigenvalue weighted by atomic mass is 9.93. The summed E-state index contributed by atoms with van der Waals surface area (Å²) in [6.45, 7) is 0. The molecule has 1 amide bonds. The highest BCUT2D eigenvalue weighted by Crippen LogP contribution is 2.48. The SMILES string of the molecule is O=C(O)c1cc(NC(=O)C2CC2c2ccc(Cl)cc2)cc(F)c1-c1cnn(C2CCC2)c1. The largest absolute Gasteiger partial charge is 0.478 e. The number of anilines is 1. The van der Waals surface area contributed by atoms with Gasteiger partial charge in [-0.05, 0) is 61.4 Å². The van der Waals surface area contributed by atoms with Gasteiger partial charge in [-0.3, -0.25) is 9.48 Å². The lowest BCUT2D eigenvalue weighted by molar-refractivity contribution is -0.117. The van der Waals surface area contributed by atoms with Crippen molar-refractivity contribution in [2.45, 2.75) is 37.6 Å². The molecule has 0 radical (unpaired) electrons. The monoisotopic (exact) mass is 453 g/mol. The van der Waals surface area contributed by atoms with E-state index >= 15 is 4.39 Å². The Kier molecular flexibility index (Phi) is 5.21. The van der Waals surface area contributed by atoms with Crippen LogP contribution in [0.1, 0.15) is 53.6 Å². The van der Waals surface area contributed by atoms with Gasteiger partial charge in [-0.2, -0.15) is 5.10 Å². The molecule has 0 aliphatic heterocycles. The summed E-state index contributed by atoms with van der Waals surface area (Å²) in [6, 6.07) is 10.1. The van der Waals surface area contributed by atoms with Crippen molar-refractivity contribution in [3.05, 3.63) is 70.8 Å². The molecule has 0 bridgehead atoms. The van der Waals surface area contributed by atoms with E-state index in [9.17, 15) is 14.7 Å². The number of aromatic nitrogens is 2. The summed E-state index contributed by atoms with van der Waals surface area (Å²) in [5, 5.41) is 17.3. The maximum atomic E-state index is 15.0. The zero-order chi connectivity index (χ0) is 22.4. The highest BCUT2D eigenvalue weighted by Gasteiger charge is 2.44. The van der Waals surface area contributed by atoms with E-state index in [-0.39, 0.29) is 40.6 Å². The van der Waals surface area contributed by atoms with Crippen molar-refractivity contribution in [2.75, 3.05) is 5.32 Å². The van der Waals surface area contributed by atoms with E-state index < -0.39 is 11.8 Å². The van der Waals surface area contributed by atoms with Crippen molar-refractivity contribution in [2.24, 2.45) is 5.92 Å². The van der Waals surface area contributed by atoms with Gasteiger partial charge in [-0.15, -0.1) is 0 Å². The van der Waals surface area contributed by atoms with Crippen LogP contribution in [0.3, 0.4) is 0 Å². The minimum Gasteiger partial charge on any atom is -0.478 e. The van der Waals surface area contributed by atoms with Gasteiger partial charge < -0.3 is 10.4 Å². The molecular weight excluding hydrogens is 433 g/mol. The maximum Gasteiger partial charge on any atom is 0.336 e. The maximum absolute atomic E-state index is 15.0. The molecule has 2 fully saturated rings. The Bertz CT molecular complexity index is 1200. The van der Waals surface area contributed by atoms with E-state index in [2.05, 4.69) is 10.4 Å². The third-order valence-corrected chi connectivity index (χ3v) is 6.60. The first-order valence-electron chi connectivity index (χ1n) is 10.6. The second-order valence-electron chi connectivity index (χ2n) is 8.47. The molecule has 2 aliphatic rings. The van der Waals surface area contributed by atoms with Gasteiger partial charge in [0.2, 0.25) is 5.91 Å². The minimum atomic E-state index is -1.27. The number of carboxylic acid groups (broad SMARTS) is 1. The van der Waals surface area contributed by atoms with Crippen molar-refractivity contribution in [1.82, 2.24) is 9.78 Å². The molecule has 2 aliphatic carbocycles. The molecule has 0 saturated heterocycles. The van der Waals surface area contributed by atoms with E-state index in [1.54, 1.807) is 23.0 Å². The molecule has 164 valence electrons. The third-order valence-electron chi connectivity index (χ3n) is 6.35. The number of carboxylic acids is 1. The molecule has 8 heteroatoms. The molecule has 1 heterocycles. The molecule has 5 rings (SSSR count). The first-order chi connectivity index (χ1) is 15.4. The Morgan fingerprint density at radius 3 is 2.59 bits per heavy atom. The highest BCUT2D eigenvalue weighted by molar-refractivity contribution is 6.30. The quantitative estimate of drug-likeness (QED) is 0.515. The Morgan fingerprint density at radius 2 is 1.94 bits per heavy atom. The van der Waals surface area contributed by atoms with Crippen LogP contribution >= 0.6 is 11.6 Å². The number of rotatable bonds is 6. The first kappa shape index (κ1) is 20.7. The fourth-order valence-electron chi connectivity index (χ4n) is 4.26. The zero-order valence-electron chi connectivity index (χ0n) is 17.1. The molecule has 2 saturated carbocycles. The number of benzene rings is 2. The number of carbonyl (C=O) groups is 2. The van der Waals surface area contributed by atoms with Gasteiger partial charge in [-0.25, -0.2) is 9.18 Å². The molecule has 0 spiro atoms. The van der Waals surface area contributed by atoms with E-state index in [1.807, 2.05) is 12.1 Å². The lowest BCUT2D eigenvalue weighted by Crippen LogP contribution is -2.17. The van der Waals surface area contributed by atoms with Gasteiger partial charge in [-0.1, -0.05) is 23.7 Å². The Morgan fingerprint density at radius 1 is 1.19 bits per heavy atom. The second kappa shape index (κ2) is 8.06. The van der Waals surface area contributed by atoms with Crippen molar-refractivity contribution in [3.8, 4) is 11.1 Å². The van der Waals surface area contributed by atoms with Crippen LogP contribution in [-0.2, 0) is 4.79 Å². The summed E-state index contributed by atoms with van der Waals surface area (Å²) in [5.41, 5.74) is 1.33. The standard InChI is InChI=1S/C24H21ClFN3O3/c25-15-6-4-13(5-7-15)18-10-19(18)23(30)28-16-8-20(24(31)32)22(21(26)9-16)14-11-27-29(12-14)17-2-1-3-17/h4-9,11-12,17-19H,1-3,10H2,(H,28,30)(H,31,32). The molecule has 2 N–H and O–H groups in total.